The van der Waals surface area contributed by atoms with Crippen molar-refractivity contribution in [3.05, 3.63) is 375 Å². The summed E-state index contributed by atoms with van der Waals surface area (Å²) in [6.45, 7) is 4.30. The first-order valence-corrected chi connectivity index (χ1v) is 36.3. The molecule has 6 nitrogen and oxygen atoms in total. The largest absolute Gasteiger partial charge is 0.495 e. The smallest absolute Gasteiger partial charge is 0.134 e. The fourth-order valence-electron chi connectivity index (χ4n) is 16.6. The van der Waals surface area contributed by atoms with Gasteiger partial charge < -0.3 is 27.7 Å². The van der Waals surface area contributed by atoms with Gasteiger partial charge in [0.05, 0.1) is 58.4 Å². The van der Waals surface area contributed by atoms with Crippen LogP contribution in [-0.4, -0.2) is 32.5 Å². The fraction of sp³-hybridized carbons (Fsp3) is 0.0400. The molecule has 20 rings (SSSR count). The van der Waals surface area contributed by atoms with Gasteiger partial charge in [-0.25, -0.2) is 0 Å². The van der Waals surface area contributed by atoms with Crippen LogP contribution in [-0.2, 0) is 0 Å². The van der Waals surface area contributed by atoms with Gasteiger partial charge in [0.1, 0.15) is 11.5 Å². The van der Waals surface area contributed by atoms with Crippen molar-refractivity contribution in [1.82, 2.24) is 18.3 Å². The van der Waals surface area contributed by atoms with Gasteiger partial charge in [0.25, 0.3) is 0 Å². The van der Waals surface area contributed by atoms with Gasteiger partial charge >= 0.3 is 0 Å². The van der Waals surface area contributed by atoms with E-state index in [-0.39, 0.29) is 0 Å². The molecule has 16 aromatic carbocycles. The summed E-state index contributed by atoms with van der Waals surface area (Å²) in [4.78, 5) is 0. The second-order valence-electron chi connectivity index (χ2n) is 27.6. The predicted octanol–water partition coefficient (Wildman–Crippen LogP) is 26.4. The Kier molecular flexibility index (Phi) is 15.7. The minimum Gasteiger partial charge on any atom is -0.495 e. The lowest BCUT2D eigenvalue weighted by molar-refractivity contribution is 0.418. The first-order chi connectivity index (χ1) is 52.3. The average Bonchev–Trinajstić information content (AvgIpc) is 1.58. The average molecular weight is 1360 g/mol. The Balaban J connectivity index is 0.000000145. The van der Waals surface area contributed by atoms with Crippen molar-refractivity contribution in [2.24, 2.45) is 0 Å². The normalized spacial score (nSPS) is 11.6. The van der Waals surface area contributed by atoms with Crippen LogP contribution in [0.25, 0.3) is 177 Å². The van der Waals surface area contributed by atoms with Gasteiger partial charge in [0, 0.05) is 88.1 Å². The Bertz CT molecular complexity index is 6500. The first-order valence-electron chi connectivity index (χ1n) is 36.3. The molecule has 0 fully saturated rings. The van der Waals surface area contributed by atoms with Crippen LogP contribution in [0.3, 0.4) is 0 Å². The third kappa shape index (κ3) is 10.8. The Morgan fingerprint density at radius 3 is 0.840 bits per heavy atom. The molecule has 0 unspecified atom stereocenters. The summed E-state index contributed by atoms with van der Waals surface area (Å²) < 4.78 is 21.8. The van der Waals surface area contributed by atoms with Gasteiger partial charge in [0.15, 0.2) is 0 Å². The molecule has 0 saturated heterocycles. The summed E-state index contributed by atoms with van der Waals surface area (Å²) in [7, 11) is 3.54. The number of fused-ring (bicyclic) bond motifs is 12. The summed E-state index contributed by atoms with van der Waals surface area (Å²) in [6.07, 6.45) is 0. The van der Waals surface area contributed by atoms with Crippen LogP contribution in [0.15, 0.2) is 364 Å². The highest BCUT2D eigenvalue weighted by Crippen LogP contribution is 2.45. The lowest BCUT2D eigenvalue weighted by Crippen LogP contribution is -2.00. The molecule has 106 heavy (non-hydrogen) atoms. The molecule has 504 valence electrons. The van der Waals surface area contributed by atoms with Crippen LogP contribution in [0.1, 0.15) is 11.1 Å². The van der Waals surface area contributed by atoms with Gasteiger partial charge in [-0.05, 0) is 191 Å². The predicted molar refractivity (Wildman–Crippen MR) is 445 cm³/mol. The molecule has 0 aliphatic rings. The Labute approximate surface area is 615 Å². The molecule has 0 amide bonds. The number of rotatable bonds is 12. The number of ether oxygens (including phenoxy) is 2. The molecule has 0 N–H and O–H groups in total. The quantitative estimate of drug-likeness (QED) is 0.122. The minimum absolute atomic E-state index is 0.886. The molecule has 6 heteroatoms. The maximum atomic E-state index is 6.10. The monoisotopic (exact) mass is 1360 g/mol. The molecule has 0 aliphatic carbocycles. The number of hydrogen-bond donors (Lipinski definition) is 0. The van der Waals surface area contributed by atoms with Crippen LogP contribution in [0.2, 0.25) is 0 Å². The van der Waals surface area contributed by atoms with Gasteiger partial charge in [0.2, 0.25) is 0 Å². The molecule has 4 heterocycles. The van der Waals surface area contributed by atoms with Gasteiger partial charge in [-0.2, -0.15) is 0 Å². The third-order valence-electron chi connectivity index (χ3n) is 21.3. The number of benzene rings is 16. The van der Waals surface area contributed by atoms with Crippen molar-refractivity contribution in [2.45, 2.75) is 13.8 Å². The van der Waals surface area contributed by atoms with E-state index < -0.39 is 0 Å². The van der Waals surface area contributed by atoms with E-state index in [0.29, 0.717) is 0 Å². The van der Waals surface area contributed by atoms with Crippen LogP contribution in [0, 0.1) is 13.8 Å². The Morgan fingerprint density at radius 2 is 0.453 bits per heavy atom. The van der Waals surface area contributed by atoms with E-state index in [9.17, 15) is 0 Å². The molecule has 0 aliphatic heterocycles. The summed E-state index contributed by atoms with van der Waals surface area (Å²) in [5.41, 5.74) is 30.1. The molecule has 0 bridgehead atoms. The number of aryl methyl sites for hydroxylation is 2. The third-order valence-corrected chi connectivity index (χ3v) is 21.3. The van der Waals surface area contributed by atoms with E-state index in [4.69, 9.17) is 9.47 Å². The number of aromatic nitrogens is 4. The highest BCUT2D eigenvalue weighted by atomic mass is 16.5. The van der Waals surface area contributed by atoms with Crippen molar-refractivity contribution in [2.75, 3.05) is 14.2 Å². The lowest BCUT2D eigenvalue weighted by atomic mass is 9.93. The van der Waals surface area contributed by atoms with Crippen molar-refractivity contribution in [1.29, 1.82) is 0 Å². The number of nitrogens with zero attached hydrogens (tertiary/aromatic N) is 4. The Morgan fingerprint density at radius 1 is 0.179 bits per heavy atom. The first kappa shape index (κ1) is 63.3. The summed E-state index contributed by atoms with van der Waals surface area (Å²) in [5, 5.41) is 10.0. The molecule has 20 aromatic rings. The van der Waals surface area contributed by atoms with Crippen LogP contribution in [0.5, 0.6) is 11.5 Å². The summed E-state index contributed by atoms with van der Waals surface area (Å²) in [5.74, 6) is 1.78. The number of para-hydroxylation sites is 7. The Hall–Kier alpha value is -13.7. The van der Waals surface area contributed by atoms with E-state index in [1.54, 1.807) is 14.2 Å². The second kappa shape index (κ2) is 26.3. The van der Waals surface area contributed by atoms with E-state index in [1.807, 2.05) is 12.1 Å². The topological polar surface area (TPSA) is 38.2 Å². The summed E-state index contributed by atoms with van der Waals surface area (Å²) in [6, 6.07) is 132. The standard InChI is InChI=1S/2C50H36N2O/c1-33-28-44(35-14-4-3-5-15-35)50(53-2)45(29-33)36-26-24-34(25-27-36)37-30-38(51-46-20-10-6-16-40(46)41-17-7-11-21-47(41)51)32-39(31-37)52-48-22-12-8-18-42(48)43-19-9-13-23-49(43)52;1-33-29-43(34-13-4-3-5-14-34)50(53-2)44(30-33)35-23-26-38(27-24-35)51-48-22-11-8-19-42(48)45-32-37(25-28-49(45)51)36-15-12-16-39(31-36)52-46-20-9-6-17-40(46)41-18-7-10-21-47(41)52/h2*3-32H,1-2H3. The lowest BCUT2D eigenvalue weighted by Gasteiger charge is -2.17. The molecule has 4 aromatic heterocycles. The fourth-order valence-corrected chi connectivity index (χ4v) is 16.6. The van der Waals surface area contributed by atoms with Crippen LogP contribution in [0.4, 0.5) is 0 Å². The zero-order chi connectivity index (χ0) is 70.9. The number of methoxy groups -OCH3 is 2. The molecule has 0 atom stereocenters. The number of hydrogen-bond acceptors (Lipinski definition) is 2. The highest BCUT2D eigenvalue weighted by Gasteiger charge is 2.22. The van der Waals surface area contributed by atoms with E-state index >= 15 is 0 Å². The van der Waals surface area contributed by atoms with Gasteiger partial charge in [-0.3, -0.25) is 0 Å². The second-order valence-corrected chi connectivity index (χ2v) is 27.6. The molecular formula is C100H72N4O2. The summed E-state index contributed by atoms with van der Waals surface area (Å²) >= 11 is 0. The molecule has 0 spiro atoms. The molecule has 0 saturated carbocycles. The van der Waals surface area contributed by atoms with E-state index in [1.165, 1.54) is 109 Å². The van der Waals surface area contributed by atoms with Crippen molar-refractivity contribution in [3.63, 3.8) is 0 Å². The van der Waals surface area contributed by atoms with Crippen LogP contribution < -0.4 is 9.47 Å². The maximum Gasteiger partial charge on any atom is 0.134 e. The van der Waals surface area contributed by atoms with Crippen molar-refractivity contribution in [3.8, 4) is 101 Å². The van der Waals surface area contributed by atoms with Crippen molar-refractivity contribution < 1.29 is 9.47 Å². The SMILES string of the molecule is COc1c(-c2ccccc2)cc(C)cc1-c1ccc(-c2cc(-n3c4ccccc4c4ccccc43)cc(-n3c4ccccc4c4ccccc43)c2)cc1.COc1c(-c2ccccc2)cc(C)cc1-c1ccc(-n2c3ccccc3c3cc(-c4cccc(-n5c6ccccc6c6ccccc65)c4)ccc32)cc1. The molecular weight excluding hydrogens is 1290 g/mol. The zero-order valence-corrected chi connectivity index (χ0v) is 59.2. The van der Waals surface area contributed by atoms with Gasteiger partial charge in [-0.1, -0.05) is 243 Å². The zero-order valence-electron chi connectivity index (χ0n) is 59.2. The van der Waals surface area contributed by atoms with E-state index in [0.717, 1.165) is 89.9 Å². The minimum atomic E-state index is 0.886. The van der Waals surface area contributed by atoms with Crippen molar-refractivity contribution >= 4 is 87.2 Å². The maximum absolute atomic E-state index is 6.10. The molecule has 0 radical (unpaired) electrons. The van der Waals surface area contributed by atoms with Crippen LogP contribution >= 0.6 is 0 Å². The highest BCUT2D eigenvalue weighted by molar-refractivity contribution is 6.13. The van der Waals surface area contributed by atoms with Gasteiger partial charge in [-0.15, -0.1) is 0 Å². The van der Waals surface area contributed by atoms with E-state index in [2.05, 4.69) is 384 Å².